The smallest absolute Gasteiger partial charge is 0.250 e. The molecule has 0 spiro atoms. The van der Waals surface area contributed by atoms with E-state index in [9.17, 15) is 4.79 Å². The van der Waals surface area contributed by atoms with Crippen molar-refractivity contribution >= 4 is 29.3 Å². The van der Waals surface area contributed by atoms with Gasteiger partial charge in [-0.05, 0) is 42.9 Å². The van der Waals surface area contributed by atoms with Gasteiger partial charge in [-0.1, -0.05) is 12.1 Å². The van der Waals surface area contributed by atoms with Crippen LogP contribution in [0.3, 0.4) is 0 Å². The molecule has 0 aliphatic heterocycles. The van der Waals surface area contributed by atoms with Crippen LogP contribution in [0.5, 0.6) is 5.75 Å². The average molecular weight is 308 g/mol. The number of hydrogen-bond acceptors (Lipinski definition) is 4. The number of carbonyl (C=O) groups is 1. The number of thiocarbonyl (C=S) groups is 1. The van der Waals surface area contributed by atoms with Gasteiger partial charge in [-0.25, -0.2) is 0 Å². The number of carbonyl (C=O) groups excluding carboxylic acids is 1. The van der Waals surface area contributed by atoms with E-state index in [2.05, 4.69) is 10.6 Å². The molecule has 21 heavy (non-hydrogen) atoms. The number of amides is 1. The lowest BCUT2D eigenvalue weighted by Gasteiger charge is -2.07. The number of benzene rings is 1. The van der Waals surface area contributed by atoms with E-state index in [0.717, 1.165) is 11.3 Å². The summed E-state index contributed by atoms with van der Waals surface area (Å²) in [5.74, 6) is 0.529. The van der Waals surface area contributed by atoms with Crippen molar-refractivity contribution in [2.75, 3.05) is 26.9 Å². The van der Waals surface area contributed by atoms with Crippen LogP contribution in [-0.4, -0.2) is 37.9 Å². The van der Waals surface area contributed by atoms with E-state index in [1.165, 1.54) is 6.08 Å². The summed E-state index contributed by atoms with van der Waals surface area (Å²) < 4.78 is 10.2. The summed E-state index contributed by atoms with van der Waals surface area (Å²) in [6.45, 7) is 3.64. The summed E-state index contributed by atoms with van der Waals surface area (Å²) in [4.78, 5) is 11.6. The molecule has 0 aliphatic rings. The lowest BCUT2D eigenvalue weighted by molar-refractivity contribution is -0.115. The minimum atomic E-state index is -0.279. The molecule has 2 N–H and O–H groups in total. The zero-order chi connectivity index (χ0) is 15.5. The van der Waals surface area contributed by atoms with Gasteiger partial charge in [0.15, 0.2) is 5.11 Å². The van der Waals surface area contributed by atoms with E-state index in [1.807, 2.05) is 31.2 Å². The Kier molecular flexibility index (Phi) is 8.08. The zero-order valence-corrected chi connectivity index (χ0v) is 13.0. The molecule has 0 atom stereocenters. The molecule has 1 aromatic carbocycles. The van der Waals surface area contributed by atoms with Gasteiger partial charge in [0.2, 0.25) is 5.91 Å². The van der Waals surface area contributed by atoms with Crippen molar-refractivity contribution in [3.05, 3.63) is 35.9 Å². The topological polar surface area (TPSA) is 59.6 Å². The van der Waals surface area contributed by atoms with Crippen LogP contribution >= 0.6 is 12.2 Å². The molecule has 0 bridgehead atoms. The van der Waals surface area contributed by atoms with Gasteiger partial charge in [-0.15, -0.1) is 0 Å². The van der Waals surface area contributed by atoms with E-state index in [1.54, 1.807) is 13.2 Å². The largest absolute Gasteiger partial charge is 0.494 e. The molecular weight excluding hydrogens is 288 g/mol. The van der Waals surface area contributed by atoms with Crippen molar-refractivity contribution in [2.24, 2.45) is 0 Å². The Bertz CT molecular complexity index is 486. The zero-order valence-electron chi connectivity index (χ0n) is 12.2. The van der Waals surface area contributed by atoms with Crippen molar-refractivity contribution in [3.63, 3.8) is 0 Å². The molecule has 1 rings (SSSR count). The fourth-order valence-electron chi connectivity index (χ4n) is 1.48. The van der Waals surface area contributed by atoms with Gasteiger partial charge in [-0.3, -0.25) is 10.1 Å². The van der Waals surface area contributed by atoms with Crippen molar-refractivity contribution in [3.8, 4) is 5.75 Å². The minimum Gasteiger partial charge on any atom is -0.494 e. The summed E-state index contributed by atoms with van der Waals surface area (Å²) in [5, 5.41) is 5.70. The highest BCUT2D eigenvalue weighted by molar-refractivity contribution is 7.80. The fourth-order valence-corrected chi connectivity index (χ4v) is 1.68. The van der Waals surface area contributed by atoms with Crippen molar-refractivity contribution in [1.29, 1.82) is 0 Å². The highest BCUT2D eigenvalue weighted by Gasteiger charge is 2.00. The van der Waals surface area contributed by atoms with Crippen LogP contribution in [0, 0.1) is 0 Å². The average Bonchev–Trinajstić information content (AvgIpc) is 2.47. The Labute approximate surface area is 130 Å². The lowest BCUT2D eigenvalue weighted by Crippen LogP contribution is -2.39. The predicted molar refractivity (Wildman–Crippen MR) is 87.3 cm³/mol. The van der Waals surface area contributed by atoms with Crippen LogP contribution in [0.2, 0.25) is 0 Å². The second-order valence-corrected chi connectivity index (χ2v) is 4.48. The maximum atomic E-state index is 11.6. The van der Waals surface area contributed by atoms with Crippen LogP contribution in [0.25, 0.3) is 6.08 Å². The van der Waals surface area contributed by atoms with Gasteiger partial charge in [-0.2, -0.15) is 0 Å². The molecule has 114 valence electrons. The maximum absolute atomic E-state index is 11.6. The Hall–Kier alpha value is -1.92. The van der Waals surface area contributed by atoms with Crippen LogP contribution < -0.4 is 15.4 Å². The first-order valence-corrected chi connectivity index (χ1v) is 7.05. The fraction of sp³-hybridized carbons (Fsp3) is 0.333. The van der Waals surface area contributed by atoms with Crippen molar-refractivity contribution in [2.45, 2.75) is 6.92 Å². The Balaban J connectivity index is 2.40. The second kappa shape index (κ2) is 9.90. The Morgan fingerprint density at radius 1 is 1.33 bits per heavy atom. The molecule has 0 saturated heterocycles. The molecule has 0 fully saturated rings. The van der Waals surface area contributed by atoms with Gasteiger partial charge in [0, 0.05) is 19.7 Å². The number of nitrogens with one attached hydrogen (secondary N) is 2. The maximum Gasteiger partial charge on any atom is 0.250 e. The van der Waals surface area contributed by atoms with Crippen LogP contribution in [-0.2, 0) is 9.53 Å². The van der Waals surface area contributed by atoms with E-state index < -0.39 is 0 Å². The lowest BCUT2D eigenvalue weighted by atomic mass is 10.2. The van der Waals surface area contributed by atoms with E-state index >= 15 is 0 Å². The van der Waals surface area contributed by atoms with Crippen molar-refractivity contribution in [1.82, 2.24) is 10.6 Å². The van der Waals surface area contributed by atoms with Gasteiger partial charge >= 0.3 is 0 Å². The number of ether oxygens (including phenoxy) is 2. The first kappa shape index (κ1) is 17.1. The third kappa shape index (κ3) is 7.43. The normalized spacial score (nSPS) is 10.4. The highest BCUT2D eigenvalue weighted by Crippen LogP contribution is 2.12. The number of methoxy groups -OCH3 is 1. The second-order valence-electron chi connectivity index (χ2n) is 4.07. The SMILES string of the molecule is CCOc1ccc(/C=C/C(=O)NC(=S)NCCOC)cc1. The quantitative estimate of drug-likeness (QED) is 0.456. The first-order valence-electron chi connectivity index (χ1n) is 6.64. The Morgan fingerprint density at radius 3 is 2.67 bits per heavy atom. The van der Waals surface area contributed by atoms with E-state index in [0.29, 0.717) is 19.8 Å². The molecule has 0 aliphatic carbocycles. The summed E-state index contributed by atoms with van der Waals surface area (Å²) in [6.07, 6.45) is 3.14. The molecule has 0 heterocycles. The van der Waals surface area contributed by atoms with Crippen LogP contribution in [0.4, 0.5) is 0 Å². The number of rotatable bonds is 7. The monoisotopic (exact) mass is 308 g/mol. The molecule has 1 amide bonds. The molecular formula is C15H20N2O3S. The predicted octanol–water partition coefficient (Wildman–Crippen LogP) is 1.74. The molecule has 1 aromatic rings. The molecule has 0 unspecified atom stereocenters. The molecule has 6 heteroatoms. The third-order valence-corrected chi connectivity index (χ3v) is 2.69. The minimum absolute atomic E-state index is 0.279. The summed E-state index contributed by atoms with van der Waals surface area (Å²) in [7, 11) is 1.60. The van der Waals surface area contributed by atoms with Gasteiger partial charge in [0.25, 0.3) is 0 Å². The summed E-state index contributed by atoms with van der Waals surface area (Å²) in [6, 6.07) is 7.48. The van der Waals surface area contributed by atoms with Gasteiger partial charge in [0.05, 0.1) is 13.2 Å². The summed E-state index contributed by atoms with van der Waals surface area (Å²) >= 11 is 4.97. The van der Waals surface area contributed by atoms with E-state index in [-0.39, 0.29) is 11.0 Å². The van der Waals surface area contributed by atoms with Crippen molar-refractivity contribution < 1.29 is 14.3 Å². The third-order valence-electron chi connectivity index (χ3n) is 2.45. The Morgan fingerprint density at radius 2 is 2.05 bits per heavy atom. The molecule has 5 nitrogen and oxygen atoms in total. The van der Waals surface area contributed by atoms with Gasteiger partial charge in [0.1, 0.15) is 5.75 Å². The van der Waals surface area contributed by atoms with E-state index in [4.69, 9.17) is 21.7 Å². The van der Waals surface area contributed by atoms with Crippen LogP contribution in [0.1, 0.15) is 12.5 Å². The number of hydrogen-bond donors (Lipinski definition) is 2. The van der Waals surface area contributed by atoms with Gasteiger partial charge < -0.3 is 14.8 Å². The molecule has 0 radical (unpaired) electrons. The first-order chi connectivity index (χ1) is 10.2. The standard InChI is InChI=1S/C15H20N2O3S/c1-3-20-13-7-4-12(5-8-13)6-9-14(18)17-15(21)16-10-11-19-2/h4-9H,3,10-11H2,1-2H3,(H2,16,17,18,21)/b9-6+. The molecule has 0 saturated carbocycles. The molecule has 0 aromatic heterocycles. The summed E-state index contributed by atoms with van der Waals surface area (Å²) in [5.41, 5.74) is 0.909. The van der Waals surface area contributed by atoms with Crippen LogP contribution in [0.15, 0.2) is 30.3 Å². The highest BCUT2D eigenvalue weighted by atomic mass is 32.1.